The van der Waals surface area contributed by atoms with Gasteiger partial charge in [0.1, 0.15) is 5.82 Å². The van der Waals surface area contributed by atoms with E-state index in [1.165, 1.54) is 42.7 Å². The van der Waals surface area contributed by atoms with Gasteiger partial charge in [-0.15, -0.1) is 10.2 Å². The first kappa shape index (κ1) is 42.4. The van der Waals surface area contributed by atoms with Crippen LogP contribution in [0.25, 0.3) is 16.8 Å². The number of likely N-dealkylation sites (tertiary alicyclic amines) is 1. The normalized spacial score (nSPS) is 19.5. The maximum atomic E-state index is 13.0. The number of fused-ring (bicyclic) bond motifs is 1. The predicted molar refractivity (Wildman–Crippen MR) is 242 cm³/mol. The second kappa shape index (κ2) is 17.7. The first-order valence-electron chi connectivity index (χ1n) is 22.6. The molecule has 2 N–H and O–H groups in total. The number of anilines is 3. The van der Waals surface area contributed by atoms with Gasteiger partial charge in [0.15, 0.2) is 0 Å². The Labute approximate surface area is 368 Å². The largest absolute Gasteiger partial charge is 0.372 e. The molecular formula is C46H60N14O3. The molecule has 0 unspecified atom stereocenters. The second-order valence-electron chi connectivity index (χ2n) is 18.7. The van der Waals surface area contributed by atoms with Gasteiger partial charge in [0, 0.05) is 81.8 Å². The summed E-state index contributed by atoms with van der Waals surface area (Å²) in [6.45, 7) is 19.8. The van der Waals surface area contributed by atoms with E-state index in [1.807, 2.05) is 56.6 Å². The molecule has 332 valence electrons. The molecule has 9 rings (SSSR count). The van der Waals surface area contributed by atoms with E-state index in [2.05, 4.69) is 94.2 Å². The van der Waals surface area contributed by atoms with Crippen LogP contribution in [0.1, 0.15) is 87.6 Å². The number of nitrogens with one attached hydrogen (secondary N) is 2. The molecule has 0 radical (unpaired) electrons. The first-order valence-corrected chi connectivity index (χ1v) is 22.6. The number of tetrazole rings is 1. The molecule has 0 saturated carbocycles. The summed E-state index contributed by atoms with van der Waals surface area (Å²) >= 11 is 0. The molecule has 4 saturated heterocycles. The van der Waals surface area contributed by atoms with E-state index in [-0.39, 0.29) is 35.3 Å². The van der Waals surface area contributed by atoms with Gasteiger partial charge in [-0.05, 0) is 132 Å². The van der Waals surface area contributed by atoms with Crippen molar-refractivity contribution in [1.29, 1.82) is 0 Å². The average Bonchev–Trinajstić information content (AvgIpc) is 3.99. The summed E-state index contributed by atoms with van der Waals surface area (Å²) in [6, 6.07) is 16.5. The Morgan fingerprint density at radius 3 is 2.29 bits per heavy atom. The SMILES string of the molecule is Cc1cc(-c2nc(N3CCN(C4CCN(CC5CCN(c6ccc(N7CCC(=O)NC7=O)cc6)CC5)CC4)CC3)cn3nccc23)ccc1[C@@H](C)NC(=O)c1nnn(C(C)(C)C)n1. The summed E-state index contributed by atoms with van der Waals surface area (Å²) < 4.78 is 1.94. The number of rotatable bonds is 10. The molecule has 1 atom stereocenters. The lowest BCUT2D eigenvalue weighted by Crippen LogP contribution is -2.54. The van der Waals surface area contributed by atoms with Gasteiger partial charge in [-0.25, -0.2) is 14.3 Å². The number of piperidine rings is 2. The van der Waals surface area contributed by atoms with Crippen LogP contribution in [0.15, 0.2) is 60.9 Å². The number of nitrogens with zero attached hydrogens (tertiary/aromatic N) is 12. The maximum Gasteiger partial charge on any atom is 0.328 e. The monoisotopic (exact) mass is 856 g/mol. The van der Waals surface area contributed by atoms with Crippen molar-refractivity contribution in [3.05, 3.63) is 77.9 Å². The van der Waals surface area contributed by atoms with Crippen molar-refractivity contribution < 1.29 is 14.4 Å². The Hall–Kier alpha value is -5.94. The van der Waals surface area contributed by atoms with Crippen LogP contribution >= 0.6 is 0 Å². The van der Waals surface area contributed by atoms with Crippen molar-refractivity contribution in [2.45, 2.75) is 84.3 Å². The summed E-state index contributed by atoms with van der Waals surface area (Å²) in [4.78, 5) is 55.4. The standard InChI is InChI=1S/C46H60N14O3/c1-31-28-34(6-11-38(31)32(2)48-44(62)43-51-53-60(52-43)46(3,4)5)42-39-12-18-47-59(39)30-40(49-42)57-26-24-56(25-27-57)36-15-19-54(20-16-36)29-33-13-21-55(22-14-33)35-7-9-37(10-8-35)58-23-17-41(61)50-45(58)63/h6-12,18,28,30,32-33,36H,13-17,19-27,29H2,1-5H3,(H,48,62)(H,50,61,63)/t32-/m1/s1. The summed E-state index contributed by atoms with van der Waals surface area (Å²) in [5.74, 6) is 1.12. The highest BCUT2D eigenvalue weighted by molar-refractivity contribution is 6.05. The van der Waals surface area contributed by atoms with Crippen molar-refractivity contribution in [3.8, 4) is 11.3 Å². The highest BCUT2D eigenvalue weighted by Gasteiger charge is 2.31. The number of hydrogen-bond donors (Lipinski definition) is 2. The van der Waals surface area contributed by atoms with Crippen molar-refractivity contribution in [3.63, 3.8) is 0 Å². The molecule has 4 aliphatic heterocycles. The van der Waals surface area contributed by atoms with Crippen molar-refractivity contribution >= 4 is 40.6 Å². The number of aromatic nitrogens is 7. The minimum absolute atomic E-state index is 0.0519. The summed E-state index contributed by atoms with van der Waals surface area (Å²) in [5.41, 5.74) is 6.55. The molecule has 4 fully saturated rings. The topological polar surface area (TPSA) is 165 Å². The molecule has 5 aromatic rings. The number of imide groups is 1. The zero-order valence-corrected chi connectivity index (χ0v) is 37.2. The lowest BCUT2D eigenvalue weighted by Gasteiger charge is -2.44. The van der Waals surface area contributed by atoms with Crippen LogP contribution in [0.3, 0.4) is 0 Å². The minimum Gasteiger partial charge on any atom is -0.372 e. The van der Waals surface area contributed by atoms with E-state index in [0.29, 0.717) is 24.9 Å². The number of carbonyl (C=O) groups is 3. The molecular weight excluding hydrogens is 797 g/mol. The molecule has 2 aromatic carbocycles. The third kappa shape index (κ3) is 9.25. The molecule has 0 bridgehead atoms. The van der Waals surface area contributed by atoms with Crippen LogP contribution in [0.4, 0.5) is 22.0 Å². The Morgan fingerprint density at radius 2 is 1.60 bits per heavy atom. The molecule has 63 heavy (non-hydrogen) atoms. The third-order valence-corrected chi connectivity index (χ3v) is 13.4. The number of carbonyl (C=O) groups excluding carboxylic acids is 3. The third-order valence-electron chi connectivity index (χ3n) is 13.4. The van der Waals surface area contributed by atoms with Crippen LogP contribution in [0.5, 0.6) is 0 Å². The molecule has 0 spiro atoms. The van der Waals surface area contributed by atoms with E-state index in [1.54, 1.807) is 4.90 Å². The number of aryl methyl sites for hydroxylation is 1. The van der Waals surface area contributed by atoms with Gasteiger partial charge in [-0.3, -0.25) is 24.7 Å². The number of amides is 4. The van der Waals surface area contributed by atoms with E-state index in [4.69, 9.17) is 4.98 Å². The average molecular weight is 857 g/mol. The molecule has 17 nitrogen and oxygen atoms in total. The van der Waals surface area contributed by atoms with Gasteiger partial charge < -0.3 is 20.0 Å². The molecule has 0 aliphatic carbocycles. The van der Waals surface area contributed by atoms with Gasteiger partial charge in [0.25, 0.3) is 11.7 Å². The van der Waals surface area contributed by atoms with Crippen LogP contribution in [-0.4, -0.2) is 134 Å². The van der Waals surface area contributed by atoms with Crippen molar-refractivity contribution in [1.82, 2.24) is 55.2 Å². The van der Waals surface area contributed by atoms with Crippen LogP contribution in [0.2, 0.25) is 0 Å². The van der Waals surface area contributed by atoms with Crippen molar-refractivity contribution in [2.24, 2.45) is 5.92 Å². The Kier molecular flexibility index (Phi) is 11.9. The van der Waals surface area contributed by atoms with Gasteiger partial charge in [-0.1, -0.05) is 12.1 Å². The second-order valence-corrected chi connectivity index (χ2v) is 18.7. The highest BCUT2D eigenvalue weighted by Crippen LogP contribution is 2.31. The van der Waals surface area contributed by atoms with Crippen LogP contribution in [0, 0.1) is 12.8 Å². The number of piperazine rings is 1. The quantitative estimate of drug-likeness (QED) is 0.196. The predicted octanol–water partition coefficient (Wildman–Crippen LogP) is 4.89. The molecule has 4 amide bonds. The fraction of sp³-hybridized carbons (Fsp3) is 0.522. The fourth-order valence-electron chi connectivity index (χ4n) is 9.69. The molecule has 4 aliphatic rings. The number of hydrogen-bond acceptors (Lipinski definition) is 12. The number of benzene rings is 2. The van der Waals surface area contributed by atoms with E-state index in [9.17, 15) is 14.4 Å². The maximum absolute atomic E-state index is 13.0. The molecule has 3 aromatic heterocycles. The number of urea groups is 1. The molecule has 7 heterocycles. The zero-order valence-electron chi connectivity index (χ0n) is 37.2. The summed E-state index contributed by atoms with van der Waals surface area (Å²) in [6.07, 6.45) is 9.01. The van der Waals surface area contributed by atoms with Crippen molar-refractivity contribution in [2.75, 3.05) is 80.1 Å². The molecule has 17 heteroatoms. The van der Waals surface area contributed by atoms with Gasteiger partial charge in [0.05, 0.1) is 35.2 Å². The highest BCUT2D eigenvalue weighted by atomic mass is 16.2. The summed E-state index contributed by atoms with van der Waals surface area (Å²) in [7, 11) is 0. The van der Waals surface area contributed by atoms with E-state index in [0.717, 1.165) is 91.8 Å². The van der Waals surface area contributed by atoms with E-state index >= 15 is 0 Å². The van der Waals surface area contributed by atoms with Gasteiger partial charge >= 0.3 is 6.03 Å². The Morgan fingerprint density at radius 1 is 0.873 bits per heavy atom. The van der Waals surface area contributed by atoms with E-state index < -0.39 is 0 Å². The lowest BCUT2D eigenvalue weighted by atomic mass is 9.94. The van der Waals surface area contributed by atoms with Crippen LogP contribution < -0.4 is 25.3 Å². The van der Waals surface area contributed by atoms with Gasteiger partial charge in [0.2, 0.25) is 5.91 Å². The zero-order chi connectivity index (χ0) is 43.8. The smallest absolute Gasteiger partial charge is 0.328 e. The summed E-state index contributed by atoms with van der Waals surface area (Å²) in [5, 5.41) is 22.4. The van der Waals surface area contributed by atoms with Crippen LogP contribution in [-0.2, 0) is 10.3 Å². The first-order chi connectivity index (χ1) is 30.4. The van der Waals surface area contributed by atoms with Gasteiger partial charge in [-0.2, -0.15) is 9.90 Å². The fourth-order valence-corrected chi connectivity index (χ4v) is 9.69. The lowest BCUT2D eigenvalue weighted by molar-refractivity contribution is -0.120. The Balaban J connectivity index is 0.747. The Bertz CT molecular complexity index is 2430. The minimum atomic E-state index is -0.369.